The number of sulfonamides is 1. The maximum absolute atomic E-state index is 11.2. The minimum Gasteiger partial charge on any atom is -0.381 e. The van der Waals surface area contributed by atoms with Gasteiger partial charge in [0.25, 0.3) is 0 Å². The van der Waals surface area contributed by atoms with Crippen molar-refractivity contribution >= 4 is 10.0 Å². The molecule has 0 radical (unpaired) electrons. The van der Waals surface area contributed by atoms with Gasteiger partial charge in [0.15, 0.2) is 0 Å². The van der Waals surface area contributed by atoms with E-state index in [2.05, 4.69) is 0 Å². The Kier molecular flexibility index (Phi) is 7.08. The molecule has 86 valence electrons. The van der Waals surface area contributed by atoms with Crippen LogP contribution in [0.3, 0.4) is 0 Å². The first-order chi connectivity index (χ1) is 6.48. The molecule has 0 atom stereocenters. The quantitative estimate of drug-likeness (QED) is 0.483. The molecular formula is C8H19NO4S. The van der Waals surface area contributed by atoms with Crippen LogP contribution in [0, 0.1) is 5.92 Å². The maximum Gasteiger partial charge on any atom is 0.235 e. The van der Waals surface area contributed by atoms with Crippen molar-refractivity contribution in [1.82, 2.24) is 4.89 Å². The molecule has 6 heteroatoms. The number of hydrogen-bond acceptors (Lipinski definition) is 4. The van der Waals surface area contributed by atoms with Crippen molar-refractivity contribution in [3.05, 3.63) is 0 Å². The normalized spacial score (nSPS) is 12.3. The number of rotatable bonds is 8. The number of hydrogen-bond donors (Lipinski definition) is 1. The number of nitrogens with one attached hydrogen (secondary N) is 1. The molecule has 0 spiro atoms. The summed E-state index contributed by atoms with van der Waals surface area (Å²) < 4.78 is 27.3. The van der Waals surface area contributed by atoms with Crippen LogP contribution in [0.4, 0.5) is 0 Å². The molecule has 0 saturated carbocycles. The van der Waals surface area contributed by atoms with Gasteiger partial charge in [-0.1, -0.05) is 18.7 Å². The molecule has 0 aromatic rings. The topological polar surface area (TPSA) is 64.6 Å². The average Bonchev–Trinajstić information content (AvgIpc) is 2.03. The molecule has 0 bridgehead atoms. The molecule has 0 unspecified atom stereocenters. The van der Waals surface area contributed by atoms with Gasteiger partial charge in [0.2, 0.25) is 10.0 Å². The fraction of sp³-hybridized carbons (Fsp3) is 1.00. The van der Waals surface area contributed by atoms with E-state index in [-0.39, 0.29) is 12.4 Å². The standard InChI is InChI=1S/C8H19NO4S/c1-4-12-5-6-14(10,11)9-13-7-8(2)3/h8-9H,4-7H2,1-3H3. The lowest BCUT2D eigenvalue weighted by atomic mass is 10.2. The van der Waals surface area contributed by atoms with E-state index in [1.54, 1.807) is 0 Å². The average molecular weight is 225 g/mol. The van der Waals surface area contributed by atoms with Crippen LogP contribution in [0.25, 0.3) is 0 Å². The molecule has 0 fully saturated rings. The van der Waals surface area contributed by atoms with Gasteiger partial charge < -0.3 is 4.74 Å². The Hall–Kier alpha value is -0.170. The third-order valence-electron chi connectivity index (χ3n) is 1.30. The molecule has 0 heterocycles. The summed E-state index contributed by atoms with van der Waals surface area (Å²) in [4.78, 5) is 6.84. The van der Waals surface area contributed by atoms with E-state index in [0.29, 0.717) is 19.1 Å². The van der Waals surface area contributed by atoms with Crippen molar-refractivity contribution in [2.45, 2.75) is 20.8 Å². The van der Waals surface area contributed by atoms with Gasteiger partial charge >= 0.3 is 0 Å². The van der Waals surface area contributed by atoms with Crippen LogP contribution >= 0.6 is 0 Å². The van der Waals surface area contributed by atoms with E-state index in [1.807, 2.05) is 25.7 Å². The van der Waals surface area contributed by atoms with Crippen molar-refractivity contribution in [3.63, 3.8) is 0 Å². The lowest BCUT2D eigenvalue weighted by molar-refractivity contribution is 0.0710. The molecule has 0 aliphatic rings. The van der Waals surface area contributed by atoms with Gasteiger partial charge in [-0.2, -0.15) is 0 Å². The summed E-state index contributed by atoms with van der Waals surface area (Å²) in [5.41, 5.74) is 0. The summed E-state index contributed by atoms with van der Waals surface area (Å²) >= 11 is 0. The summed E-state index contributed by atoms with van der Waals surface area (Å²) in [5.74, 6) is 0.225. The Morgan fingerprint density at radius 3 is 2.50 bits per heavy atom. The highest BCUT2D eigenvalue weighted by atomic mass is 32.2. The van der Waals surface area contributed by atoms with Crippen molar-refractivity contribution in [2.75, 3.05) is 25.6 Å². The van der Waals surface area contributed by atoms with Crippen LogP contribution in [0.1, 0.15) is 20.8 Å². The second kappa shape index (κ2) is 7.17. The molecule has 0 aromatic heterocycles. The third-order valence-corrected chi connectivity index (χ3v) is 2.38. The second-order valence-corrected chi connectivity index (χ2v) is 5.11. The van der Waals surface area contributed by atoms with Gasteiger partial charge in [0.05, 0.1) is 19.0 Å². The summed E-state index contributed by atoms with van der Waals surface area (Å²) in [6, 6.07) is 0. The van der Waals surface area contributed by atoms with Crippen LogP contribution < -0.4 is 4.89 Å². The van der Waals surface area contributed by atoms with Crippen LogP contribution in [-0.4, -0.2) is 34.0 Å². The molecule has 0 amide bonds. The smallest absolute Gasteiger partial charge is 0.235 e. The van der Waals surface area contributed by atoms with Gasteiger partial charge in [-0.3, -0.25) is 4.84 Å². The summed E-state index contributed by atoms with van der Waals surface area (Å²) in [5, 5.41) is 0. The Morgan fingerprint density at radius 2 is 2.00 bits per heavy atom. The molecule has 0 rings (SSSR count). The maximum atomic E-state index is 11.2. The van der Waals surface area contributed by atoms with Crippen LogP contribution in [0.2, 0.25) is 0 Å². The first-order valence-corrected chi connectivity index (χ1v) is 6.32. The Balaban J connectivity index is 3.62. The van der Waals surface area contributed by atoms with Crippen LogP contribution in [0.15, 0.2) is 0 Å². The SMILES string of the molecule is CCOCCS(=O)(=O)NOCC(C)C. The second-order valence-electron chi connectivity index (χ2n) is 3.30. The van der Waals surface area contributed by atoms with E-state index >= 15 is 0 Å². The molecule has 14 heavy (non-hydrogen) atoms. The van der Waals surface area contributed by atoms with Gasteiger partial charge in [-0.25, -0.2) is 8.42 Å². The lowest BCUT2D eigenvalue weighted by Crippen LogP contribution is -2.29. The van der Waals surface area contributed by atoms with Crippen molar-refractivity contribution in [1.29, 1.82) is 0 Å². The van der Waals surface area contributed by atoms with E-state index < -0.39 is 10.0 Å². The highest BCUT2D eigenvalue weighted by molar-refractivity contribution is 7.89. The van der Waals surface area contributed by atoms with Crippen molar-refractivity contribution in [3.8, 4) is 0 Å². The van der Waals surface area contributed by atoms with Gasteiger partial charge in [-0.05, 0) is 12.8 Å². The molecule has 0 saturated heterocycles. The number of ether oxygens (including phenoxy) is 1. The van der Waals surface area contributed by atoms with E-state index in [1.165, 1.54) is 0 Å². The van der Waals surface area contributed by atoms with E-state index in [9.17, 15) is 8.42 Å². The zero-order valence-corrected chi connectivity index (χ0v) is 9.76. The predicted molar refractivity (Wildman–Crippen MR) is 54.2 cm³/mol. The zero-order valence-electron chi connectivity index (χ0n) is 8.95. The lowest BCUT2D eigenvalue weighted by Gasteiger charge is -2.08. The van der Waals surface area contributed by atoms with Crippen LogP contribution in [0.5, 0.6) is 0 Å². The van der Waals surface area contributed by atoms with Gasteiger partial charge in [0.1, 0.15) is 0 Å². The Bertz CT molecular complexity index is 225. The third kappa shape index (κ3) is 8.43. The molecule has 5 nitrogen and oxygen atoms in total. The van der Waals surface area contributed by atoms with Gasteiger partial charge in [-0.15, -0.1) is 0 Å². The molecule has 0 aromatic carbocycles. The fourth-order valence-corrected chi connectivity index (χ4v) is 1.31. The van der Waals surface area contributed by atoms with Crippen LogP contribution in [-0.2, 0) is 19.6 Å². The largest absolute Gasteiger partial charge is 0.381 e. The summed E-state index contributed by atoms with van der Waals surface area (Å²) in [7, 11) is -3.35. The molecule has 0 aliphatic carbocycles. The predicted octanol–water partition coefficient (Wildman–Crippen LogP) is 0.530. The zero-order chi connectivity index (χ0) is 11.0. The monoisotopic (exact) mass is 225 g/mol. The van der Waals surface area contributed by atoms with E-state index in [4.69, 9.17) is 9.57 Å². The summed E-state index contributed by atoms with van der Waals surface area (Å²) in [6.07, 6.45) is 0. The summed E-state index contributed by atoms with van der Waals surface area (Å²) in [6.45, 7) is 6.77. The van der Waals surface area contributed by atoms with Crippen molar-refractivity contribution < 1.29 is 18.0 Å². The first-order valence-electron chi connectivity index (χ1n) is 4.67. The van der Waals surface area contributed by atoms with Gasteiger partial charge in [0, 0.05) is 6.61 Å². The van der Waals surface area contributed by atoms with E-state index in [0.717, 1.165) is 0 Å². The Labute approximate surface area is 85.8 Å². The van der Waals surface area contributed by atoms with Crippen molar-refractivity contribution in [2.24, 2.45) is 5.92 Å². The molecule has 0 aliphatic heterocycles. The minimum absolute atomic E-state index is 0.0705. The minimum atomic E-state index is -3.35. The highest BCUT2D eigenvalue weighted by Gasteiger charge is 2.09. The first kappa shape index (κ1) is 13.8. The Morgan fingerprint density at radius 1 is 1.36 bits per heavy atom. The molecular weight excluding hydrogens is 206 g/mol. The fourth-order valence-electron chi connectivity index (χ4n) is 0.645. The molecule has 1 N–H and O–H groups in total. The highest BCUT2D eigenvalue weighted by Crippen LogP contribution is 1.92.